The molecule has 0 aromatic heterocycles. The summed E-state index contributed by atoms with van der Waals surface area (Å²) in [6.07, 6.45) is 0.884. The second-order valence-electron chi connectivity index (χ2n) is 4.57. The summed E-state index contributed by atoms with van der Waals surface area (Å²) in [6.45, 7) is 6.38. The van der Waals surface area contributed by atoms with Crippen LogP contribution in [0.3, 0.4) is 0 Å². The Kier molecular flexibility index (Phi) is 2.70. The first kappa shape index (κ1) is 11.1. The number of amides is 1. The summed E-state index contributed by atoms with van der Waals surface area (Å²) in [4.78, 5) is 13.7. The number of halogens is 1. The molecular weight excluding hydrogens is 205 g/mol. The minimum Gasteiger partial charge on any atom is -0.312 e. The van der Waals surface area contributed by atoms with Crippen molar-refractivity contribution in [3.8, 4) is 0 Å². The van der Waals surface area contributed by atoms with E-state index in [0.717, 1.165) is 29.8 Å². The van der Waals surface area contributed by atoms with Gasteiger partial charge in [-0.2, -0.15) is 0 Å². The monoisotopic (exact) mass is 221 g/mol. The molecule has 3 heteroatoms. The van der Waals surface area contributed by atoms with E-state index < -0.39 is 0 Å². The Balaban J connectivity index is 2.45. The summed E-state index contributed by atoms with van der Waals surface area (Å²) >= 11 is 0. The van der Waals surface area contributed by atoms with Gasteiger partial charge < -0.3 is 4.90 Å². The maximum Gasteiger partial charge on any atom is 0.229 e. The molecule has 2 nitrogen and oxygen atoms in total. The Bertz CT molecular complexity index is 419. The van der Waals surface area contributed by atoms with Crippen molar-refractivity contribution in [2.75, 3.05) is 11.4 Å². The van der Waals surface area contributed by atoms with Crippen molar-refractivity contribution in [2.24, 2.45) is 5.92 Å². The smallest absolute Gasteiger partial charge is 0.229 e. The fourth-order valence-corrected chi connectivity index (χ4v) is 2.37. The van der Waals surface area contributed by atoms with Gasteiger partial charge in [-0.3, -0.25) is 4.79 Å². The molecule has 1 saturated heterocycles. The number of carbonyl (C=O) groups excluding carboxylic acids is 1. The number of hydrogen-bond acceptors (Lipinski definition) is 1. The van der Waals surface area contributed by atoms with E-state index in [-0.39, 0.29) is 17.6 Å². The highest BCUT2D eigenvalue weighted by Crippen LogP contribution is 2.31. The molecular formula is C13H16FNO. The molecule has 16 heavy (non-hydrogen) atoms. The third-order valence-corrected chi connectivity index (χ3v) is 3.20. The van der Waals surface area contributed by atoms with Crippen LogP contribution in [0.25, 0.3) is 0 Å². The van der Waals surface area contributed by atoms with Gasteiger partial charge in [-0.1, -0.05) is 6.92 Å². The zero-order chi connectivity index (χ0) is 11.9. The third kappa shape index (κ3) is 1.70. The Morgan fingerprint density at radius 3 is 2.31 bits per heavy atom. The van der Waals surface area contributed by atoms with E-state index in [0.29, 0.717) is 0 Å². The largest absolute Gasteiger partial charge is 0.312 e. The normalized spacial score (nSPS) is 20.6. The second-order valence-corrected chi connectivity index (χ2v) is 4.57. The number of nitrogens with zero attached hydrogens (tertiary/aromatic N) is 1. The molecule has 1 heterocycles. The van der Waals surface area contributed by atoms with Crippen LogP contribution in [-0.2, 0) is 4.79 Å². The number of rotatable bonds is 1. The molecule has 1 atom stereocenters. The third-order valence-electron chi connectivity index (χ3n) is 3.20. The Morgan fingerprint density at radius 1 is 1.31 bits per heavy atom. The van der Waals surface area contributed by atoms with Crippen LogP contribution < -0.4 is 4.90 Å². The van der Waals surface area contributed by atoms with Crippen LogP contribution in [0.4, 0.5) is 10.1 Å². The van der Waals surface area contributed by atoms with Gasteiger partial charge in [-0.25, -0.2) is 4.39 Å². The lowest BCUT2D eigenvalue weighted by Crippen LogP contribution is -2.27. The predicted octanol–water partition coefficient (Wildman–Crippen LogP) is 2.82. The predicted molar refractivity (Wildman–Crippen MR) is 62.0 cm³/mol. The molecule has 1 unspecified atom stereocenters. The summed E-state index contributed by atoms with van der Waals surface area (Å²) in [5, 5.41) is 0. The van der Waals surface area contributed by atoms with E-state index in [2.05, 4.69) is 0 Å². The van der Waals surface area contributed by atoms with Crippen LogP contribution in [-0.4, -0.2) is 12.5 Å². The molecule has 1 aliphatic heterocycles. The van der Waals surface area contributed by atoms with E-state index in [4.69, 9.17) is 0 Å². The number of aryl methyl sites for hydroxylation is 2. The molecule has 0 spiro atoms. The van der Waals surface area contributed by atoms with Crippen LogP contribution in [0, 0.1) is 25.6 Å². The lowest BCUT2D eigenvalue weighted by atomic mass is 10.1. The van der Waals surface area contributed by atoms with Crippen molar-refractivity contribution in [1.82, 2.24) is 0 Å². The van der Waals surface area contributed by atoms with Gasteiger partial charge in [0, 0.05) is 18.2 Å². The lowest BCUT2D eigenvalue weighted by Gasteiger charge is -2.21. The van der Waals surface area contributed by atoms with Gasteiger partial charge >= 0.3 is 0 Å². The quantitative estimate of drug-likeness (QED) is 0.714. The van der Waals surface area contributed by atoms with Gasteiger partial charge in [0.15, 0.2) is 0 Å². The highest BCUT2D eigenvalue weighted by Gasteiger charge is 2.30. The molecule has 1 aliphatic rings. The number of hydrogen-bond donors (Lipinski definition) is 0. The highest BCUT2D eigenvalue weighted by atomic mass is 19.1. The van der Waals surface area contributed by atoms with Gasteiger partial charge in [0.2, 0.25) is 5.91 Å². The van der Waals surface area contributed by atoms with E-state index in [1.807, 2.05) is 20.8 Å². The maximum atomic E-state index is 13.2. The number of carbonyl (C=O) groups is 1. The Morgan fingerprint density at radius 2 is 1.88 bits per heavy atom. The lowest BCUT2D eigenvalue weighted by molar-refractivity contribution is -0.119. The van der Waals surface area contributed by atoms with Gasteiger partial charge in [-0.15, -0.1) is 0 Å². The molecule has 1 amide bonds. The molecule has 0 radical (unpaired) electrons. The zero-order valence-electron chi connectivity index (χ0n) is 9.88. The van der Waals surface area contributed by atoms with Crippen molar-refractivity contribution in [2.45, 2.75) is 27.2 Å². The number of anilines is 1. The summed E-state index contributed by atoms with van der Waals surface area (Å²) < 4.78 is 13.2. The summed E-state index contributed by atoms with van der Waals surface area (Å²) in [7, 11) is 0. The Hall–Kier alpha value is -1.38. The van der Waals surface area contributed by atoms with Gasteiger partial charge in [-0.05, 0) is 43.5 Å². The van der Waals surface area contributed by atoms with E-state index in [1.165, 1.54) is 12.1 Å². The van der Waals surface area contributed by atoms with E-state index >= 15 is 0 Å². The molecule has 0 N–H and O–H groups in total. The fraction of sp³-hybridized carbons (Fsp3) is 0.462. The first-order valence-corrected chi connectivity index (χ1v) is 5.59. The maximum absolute atomic E-state index is 13.2. The molecule has 1 aromatic carbocycles. The minimum absolute atomic E-state index is 0.0869. The fourth-order valence-electron chi connectivity index (χ4n) is 2.37. The standard InChI is InChI=1S/C13H16FNO/c1-8-4-5-15(13(8)16)12-9(2)6-11(14)7-10(12)3/h6-8H,4-5H2,1-3H3. The topological polar surface area (TPSA) is 20.3 Å². The molecule has 0 saturated carbocycles. The summed E-state index contributed by atoms with van der Waals surface area (Å²) in [5.74, 6) is 0.0000978. The molecule has 0 aliphatic carbocycles. The first-order chi connectivity index (χ1) is 7.50. The van der Waals surface area contributed by atoms with E-state index in [9.17, 15) is 9.18 Å². The van der Waals surface area contributed by atoms with Gasteiger partial charge in [0.25, 0.3) is 0 Å². The average molecular weight is 221 g/mol. The number of benzene rings is 1. The first-order valence-electron chi connectivity index (χ1n) is 5.59. The van der Waals surface area contributed by atoms with Crippen molar-refractivity contribution in [3.63, 3.8) is 0 Å². The van der Waals surface area contributed by atoms with Crippen LogP contribution >= 0.6 is 0 Å². The second kappa shape index (κ2) is 3.89. The molecule has 0 bridgehead atoms. The SMILES string of the molecule is Cc1cc(F)cc(C)c1N1CCC(C)C1=O. The van der Waals surface area contributed by atoms with Crippen molar-refractivity contribution < 1.29 is 9.18 Å². The van der Waals surface area contributed by atoms with Gasteiger partial charge in [0.05, 0.1) is 0 Å². The van der Waals surface area contributed by atoms with Crippen molar-refractivity contribution in [1.29, 1.82) is 0 Å². The van der Waals surface area contributed by atoms with Gasteiger partial charge in [0.1, 0.15) is 5.82 Å². The van der Waals surface area contributed by atoms with Crippen LogP contribution in [0.5, 0.6) is 0 Å². The minimum atomic E-state index is -0.238. The van der Waals surface area contributed by atoms with E-state index in [1.54, 1.807) is 4.90 Å². The van der Waals surface area contributed by atoms with Crippen molar-refractivity contribution in [3.05, 3.63) is 29.1 Å². The molecule has 1 aromatic rings. The van der Waals surface area contributed by atoms with Crippen LogP contribution in [0.15, 0.2) is 12.1 Å². The average Bonchev–Trinajstić information content (AvgIpc) is 2.48. The van der Waals surface area contributed by atoms with Crippen LogP contribution in [0.2, 0.25) is 0 Å². The Labute approximate surface area is 95.1 Å². The van der Waals surface area contributed by atoms with Crippen LogP contribution in [0.1, 0.15) is 24.5 Å². The van der Waals surface area contributed by atoms with Crippen molar-refractivity contribution >= 4 is 11.6 Å². The summed E-state index contributed by atoms with van der Waals surface area (Å²) in [6, 6.07) is 2.97. The molecule has 1 fully saturated rings. The highest BCUT2D eigenvalue weighted by molar-refractivity contribution is 5.98. The molecule has 2 rings (SSSR count). The summed E-state index contributed by atoms with van der Waals surface area (Å²) in [5.41, 5.74) is 2.55. The zero-order valence-corrected chi connectivity index (χ0v) is 9.88. The molecule has 86 valence electrons.